The van der Waals surface area contributed by atoms with E-state index < -0.39 is 0 Å². The first-order valence-electron chi connectivity index (χ1n) is 6.67. The molecule has 1 heterocycles. The molecule has 5 heteroatoms. The number of hydrogen-bond acceptors (Lipinski definition) is 2. The highest BCUT2D eigenvalue weighted by Crippen LogP contribution is 2.27. The highest BCUT2D eigenvalue weighted by atomic mass is 79.9. The third kappa shape index (κ3) is 2.84. The molecule has 2 aromatic carbocycles. The van der Waals surface area contributed by atoms with E-state index in [1.165, 1.54) is 0 Å². The summed E-state index contributed by atoms with van der Waals surface area (Å²) in [6.45, 7) is 0. The van der Waals surface area contributed by atoms with E-state index >= 15 is 0 Å². The number of nitrogens with two attached hydrogens (primary N) is 1. The first-order chi connectivity index (χ1) is 10.1. The van der Waals surface area contributed by atoms with Gasteiger partial charge in [0.1, 0.15) is 5.82 Å². The van der Waals surface area contributed by atoms with Gasteiger partial charge >= 0.3 is 0 Å². The van der Waals surface area contributed by atoms with Gasteiger partial charge in [-0.25, -0.2) is 4.98 Å². The molecule has 0 fully saturated rings. The number of benzene rings is 2. The van der Waals surface area contributed by atoms with Crippen LogP contribution in [0.3, 0.4) is 0 Å². The zero-order chi connectivity index (χ0) is 15.0. The molecule has 1 atom stereocenters. The van der Waals surface area contributed by atoms with Gasteiger partial charge in [-0.05, 0) is 29.8 Å². The summed E-state index contributed by atoms with van der Waals surface area (Å²) in [5.41, 5.74) is 9.36. The van der Waals surface area contributed by atoms with Crippen LogP contribution in [0.1, 0.15) is 17.4 Å². The lowest BCUT2D eigenvalue weighted by Crippen LogP contribution is -2.16. The number of hydrogen-bond donors (Lipinski definition) is 1. The van der Waals surface area contributed by atoms with Gasteiger partial charge < -0.3 is 10.3 Å². The smallest absolute Gasteiger partial charge is 0.111 e. The van der Waals surface area contributed by atoms with Crippen molar-refractivity contribution < 1.29 is 0 Å². The maximum Gasteiger partial charge on any atom is 0.111 e. The number of nitrogens with zero attached hydrogens (tertiary/aromatic N) is 2. The van der Waals surface area contributed by atoms with Gasteiger partial charge in [-0.3, -0.25) is 0 Å². The molecule has 21 heavy (non-hydrogen) atoms. The first kappa shape index (κ1) is 14.6. The van der Waals surface area contributed by atoms with Crippen molar-refractivity contribution in [2.24, 2.45) is 12.8 Å². The van der Waals surface area contributed by atoms with Gasteiger partial charge in [0.15, 0.2) is 0 Å². The Bertz CT molecular complexity index is 797. The predicted molar refractivity (Wildman–Crippen MR) is 90.5 cm³/mol. The monoisotopic (exact) mass is 363 g/mol. The van der Waals surface area contributed by atoms with Crippen molar-refractivity contribution >= 4 is 38.6 Å². The Balaban J connectivity index is 1.92. The lowest BCUT2D eigenvalue weighted by molar-refractivity contribution is 0.665. The fourth-order valence-electron chi connectivity index (χ4n) is 2.49. The Hall–Kier alpha value is -1.36. The van der Waals surface area contributed by atoms with Crippen LogP contribution in [0.25, 0.3) is 11.0 Å². The van der Waals surface area contributed by atoms with E-state index in [1.807, 2.05) is 43.4 Å². The van der Waals surface area contributed by atoms with E-state index in [2.05, 4.69) is 31.5 Å². The quantitative estimate of drug-likeness (QED) is 0.755. The largest absolute Gasteiger partial charge is 0.331 e. The van der Waals surface area contributed by atoms with Gasteiger partial charge in [0.2, 0.25) is 0 Å². The molecular formula is C16H15BrClN3. The molecule has 0 aliphatic heterocycles. The summed E-state index contributed by atoms with van der Waals surface area (Å²) in [6, 6.07) is 13.7. The van der Waals surface area contributed by atoms with Gasteiger partial charge in [-0.1, -0.05) is 45.7 Å². The van der Waals surface area contributed by atoms with Crippen molar-refractivity contribution in [3.05, 3.63) is 63.3 Å². The molecule has 1 unspecified atom stereocenters. The predicted octanol–water partition coefficient (Wildman–Crippen LogP) is 4.23. The third-order valence-corrected chi connectivity index (χ3v) is 4.46. The maximum absolute atomic E-state index is 6.32. The van der Waals surface area contributed by atoms with Gasteiger partial charge in [0.25, 0.3) is 0 Å². The summed E-state index contributed by atoms with van der Waals surface area (Å²) in [5.74, 6) is 0.961. The number of halogens is 2. The van der Waals surface area contributed by atoms with E-state index in [4.69, 9.17) is 17.3 Å². The third-order valence-electron chi connectivity index (χ3n) is 3.64. The Labute approximate surface area is 136 Å². The molecule has 1 aromatic heterocycles. The van der Waals surface area contributed by atoms with E-state index in [1.54, 1.807) is 0 Å². The average Bonchev–Trinajstić information content (AvgIpc) is 2.76. The molecule has 0 aliphatic carbocycles. The molecule has 0 amide bonds. The van der Waals surface area contributed by atoms with Crippen LogP contribution < -0.4 is 5.73 Å². The minimum atomic E-state index is -0.180. The maximum atomic E-state index is 6.32. The first-order valence-corrected chi connectivity index (χ1v) is 7.84. The Morgan fingerprint density at radius 2 is 2.05 bits per heavy atom. The van der Waals surface area contributed by atoms with Crippen molar-refractivity contribution in [2.45, 2.75) is 12.5 Å². The van der Waals surface area contributed by atoms with Gasteiger partial charge in [0, 0.05) is 29.0 Å². The lowest BCUT2D eigenvalue weighted by atomic mass is 10.0. The van der Waals surface area contributed by atoms with E-state index in [-0.39, 0.29) is 6.04 Å². The Kier molecular flexibility index (Phi) is 4.02. The van der Waals surface area contributed by atoms with Crippen LogP contribution in [0.4, 0.5) is 0 Å². The second kappa shape index (κ2) is 5.79. The van der Waals surface area contributed by atoms with Gasteiger partial charge in [-0.2, -0.15) is 0 Å². The number of fused-ring (bicyclic) bond motifs is 1. The molecule has 0 saturated carbocycles. The Morgan fingerprint density at radius 1 is 1.29 bits per heavy atom. The molecule has 3 nitrogen and oxygen atoms in total. The summed E-state index contributed by atoms with van der Waals surface area (Å²) in [5, 5.41) is 0.677. The van der Waals surface area contributed by atoms with Crippen molar-refractivity contribution in [3.63, 3.8) is 0 Å². The molecule has 0 aliphatic rings. The second-order valence-corrected chi connectivity index (χ2v) is 6.38. The zero-order valence-electron chi connectivity index (χ0n) is 11.6. The van der Waals surface area contributed by atoms with Gasteiger partial charge in [0.05, 0.1) is 11.0 Å². The molecule has 3 aromatic rings. The molecule has 0 spiro atoms. The molecular weight excluding hydrogens is 350 g/mol. The SMILES string of the molecule is Cn1c(CC(N)c2ccc(Br)cc2Cl)nc2ccccc21. The van der Waals surface area contributed by atoms with Gasteiger partial charge in [-0.15, -0.1) is 0 Å². The van der Waals surface area contributed by atoms with E-state index in [9.17, 15) is 0 Å². The fraction of sp³-hybridized carbons (Fsp3) is 0.188. The average molecular weight is 365 g/mol. The molecule has 0 bridgehead atoms. The number of rotatable bonds is 3. The van der Waals surface area contributed by atoms with E-state index in [0.717, 1.165) is 26.9 Å². The number of imidazole rings is 1. The van der Waals surface area contributed by atoms with Crippen LogP contribution in [0.15, 0.2) is 46.9 Å². The number of aryl methyl sites for hydroxylation is 1. The van der Waals surface area contributed by atoms with Crippen LogP contribution in [-0.2, 0) is 13.5 Å². The van der Waals surface area contributed by atoms with Crippen molar-refractivity contribution in [1.82, 2.24) is 9.55 Å². The topological polar surface area (TPSA) is 43.8 Å². The number of para-hydroxylation sites is 2. The standard InChI is InChI=1S/C16H15BrClN3/c1-21-15-5-3-2-4-14(15)20-16(21)9-13(19)11-7-6-10(17)8-12(11)18/h2-8,13H,9,19H2,1H3. The highest BCUT2D eigenvalue weighted by Gasteiger charge is 2.15. The Morgan fingerprint density at radius 3 is 2.76 bits per heavy atom. The van der Waals surface area contributed by atoms with Crippen LogP contribution in [0.2, 0.25) is 5.02 Å². The van der Waals surface area contributed by atoms with Crippen LogP contribution in [-0.4, -0.2) is 9.55 Å². The molecule has 3 rings (SSSR count). The molecule has 108 valence electrons. The van der Waals surface area contributed by atoms with E-state index in [0.29, 0.717) is 11.4 Å². The van der Waals surface area contributed by atoms with Crippen molar-refractivity contribution in [2.75, 3.05) is 0 Å². The molecule has 0 saturated heterocycles. The van der Waals surface area contributed by atoms with Crippen molar-refractivity contribution in [3.8, 4) is 0 Å². The van der Waals surface area contributed by atoms with Crippen LogP contribution in [0, 0.1) is 0 Å². The molecule has 0 radical (unpaired) electrons. The lowest BCUT2D eigenvalue weighted by Gasteiger charge is -2.14. The summed E-state index contributed by atoms with van der Waals surface area (Å²) in [7, 11) is 2.01. The normalized spacial score (nSPS) is 12.8. The summed E-state index contributed by atoms with van der Waals surface area (Å²) >= 11 is 9.68. The minimum Gasteiger partial charge on any atom is -0.331 e. The zero-order valence-corrected chi connectivity index (χ0v) is 13.9. The summed E-state index contributed by atoms with van der Waals surface area (Å²) < 4.78 is 3.04. The van der Waals surface area contributed by atoms with Crippen LogP contribution in [0.5, 0.6) is 0 Å². The molecule has 2 N–H and O–H groups in total. The highest BCUT2D eigenvalue weighted by molar-refractivity contribution is 9.10. The minimum absolute atomic E-state index is 0.180. The summed E-state index contributed by atoms with van der Waals surface area (Å²) in [6.07, 6.45) is 0.645. The fourth-order valence-corrected chi connectivity index (χ4v) is 3.30. The summed E-state index contributed by atoms with van der Waals surface area (Å²) in [4.78, 5) is 4.66. The van der Waals surface area contributed by atoms with Crippen LogP contribution >= 0.6 is 27.5 Å². The number of aromatic nitrogens is 2. The second-order valence-electron chi connectivity index (χ2n) is 5.05. The van der Waals surface area contributed by atoms with Crippen molar-refractivity contribution in [1.29, 1.82) is 0 Å².